The van der Waals surface area contributed by atoms with Crippen LogP contribution in [0.4, 0.5) is 5.69 Å². The molecular formula is C19H27ClN4O2. The van der Waals surface area contributed by atoms with Crippen molar-refractivity contribution in [1.82, 2.24) is 15.1 Å². The number of benzene rings is 1. The van der Waals surface area contributed by atoms with Crippen LogP contribution >= 0.6 is 11.6 Å². The maximum atomic E-state index is 12.3. The predicted molar refractivity (Wildman–Crippen MR) is 106 cm³/mol. The lowest BCUT2D eigenvalue weighted by Gasteiger charge is -2.33. The molecule has 26 heavy (non-hydrogen) atoms. The summed E-state index contributed by atoms with van der Waals surface area (Å²) < 4.78 is 0. The van der Waals surface area contributed by atoms with E-state index < -0.39 is 0 Å². The zero-order valence-corrected chi connectivity index (χ0v) is 16.2. The maximum Gasteiger partial charge on any atom is 0.238 e. The van der Waals surface area contributed by atoms with Crippen molar-refractivity contribution in [3.8, 4) is 0 Å². The van der Waals surface area contributed by atoms with Gasteiger partial charge in [-0.2, -0.15) is 0 Å². The number of hydrogen-bond acceptors (Lipinski definition) is 4. The van der Waals surface area contributed by atoms with E-state index in [9.17, 15) is 9.59 Å². The summed E-state index contributed by atoms with van der Waals surface area (Å²) in [4.78, 5) is 28.3. The SMILES string of the molecule is C=CCNC(=O)CN1CCN(CC(=O)Nc2c(C)cc(C)cc2Cl)CC1. The normalized spacial score (nSPS) is 15.5. The summed E-state index contributed by atoms with van der Waals surface area (Å²) in [7, 11) is 0. The van der Waals surface area contributed by atoms with E-state index in [1.165, 1.54) is 0 Å². The molecule has 1 aliphatic rings. The van der Waals surface area contributed by atoms with Gasteiger partial charge >= 0.3 is 0 Å². The van der Waals surface area contributed by atoms with Gasteiger partial charge in [0.1, 0.15) is 0 Å². The van der Waals surface area contributed by atoms with Crippen LogP contribution in [0, 0.1) is 13.8 Å². The Bertz CT molecular complexity index is 646. The molecule has 2 rings (SSSR count). The number of piperazine rings is 1. The molecule has 1 aromatic rings. The van der Waals surface area contributed by atoms with Crippen LogP contribution < -0.4 is 10.6 Å². The number of nitrogens with one attached hydrogen (secondary N) is 2. The van der Waals surface area contributed by atoms with Crippen LogP contribution in [0.25, 0.3) is 0 Å². The van der Waals surface area contributed by atoms with Gasteiger partial charge in [0.15, 0.2) is 0 Å². The first kappa shape index (κ1) is 20.4. The van der Waals surface area contributed by atoms with Crippen LogP contribution in [-0.2, 0) is 9.59 Å². The van der Waals surface area contributed by atoms with E-state index in [1.54, 1.807) is 6.08 Å². The molecule has 0 radical (unpaired) electrons. The molecule has 0 aliphatic carbocycles. The second-order valence-electron chi connectivity index (χ2n) is 6.63. The van der Waals surface area contributed by atoms with Crippen LogP contribution in [-0.4, -0.2) is 67.4 Å². The molecule has 6 nitrogen and oxygen atoms in total. The summed E-state index contributed by atoms with van der Waals surface area (Å²) in [6.45, 7) is 11.7. The number of hydrogen-bond donors (Lipinski definition) is 2. The summed E-state index contributed by atoms with van der Waals surface area (Å²) in [6, 6.07) is 3.85. The van der Waals surface area contributed by atoms with Crippen LogP contribution in [0.2, 0.25) is 5.02 Å². The first-order valence-corrected chi connectivity index (χ1v) is 9.15. The number of carbonyl (C=O) groups excluding carboxylic acids is 2. The van der Waals surface area contributed by atoms with Crippen LogP contribution in [0.15, 0.2) is 24.8 Å². The zero-order chi connectivity index (χ0) is 19.1. The van der Waals surface area contributed by atoms with Crippen molar-refractivity contribution in [3.05, 3.63) is 40.9 Å². The fourth-order valence-corrected chi connectivity index (χ4v) is 3.37. The summed E-state index contributed by atoms with van der Waals surface area (Å²) in [6.07, 6.45) is 1.66. The fraction of sp³-hybridized carbons (Fsp3) is 0.474. The zero-order valence-electron chi connectivity index (χ0n) is 15.5. The number of anilines is 1. The van der Waals surface area contributed by atoms with Crippen molar-refractivity contribution >= 4 is 29.1 Å². The van der Waals surface area contributed by atoms with Crippen molar-refractivity contribution in [3.63, 3.8) is 0 Å². The third-order valence-electron chi connectivity index (χ3n) is 4.34. The maximum absolute atomic E-state index is 12.3. The quantitative estimate of drug-likeness (QED) is 0.710. The highest BCUT2D eigenvalue weighted by molar-refractivity contribution is 6.34. The molecule has 1 aromatic carbocycles. The Balaban J connectivity index is 1.78. The molecule has 0 atom stereocenters. The number of aryl methyl sites for hydroxylation is 2. The molecule has 0 saturated carbocycles. The molecule has 0 aromatic heterocycles. The second kappa shape index (κ2) is 9.71. The molecule has 1 aliphatic heterocycles. The summed E-state index contributed by atoms with van der Waals surface area (Å²) in [5.41, 5.74) is 2.71. The molecule has 0 spiro atoms. The van der Waals surface area contributed by atoms with E-state index in [4.69, 9.17) is 11.6 Å². The summed E-state index contributed by atoms with van der Waals surface area (Å²) in [5.74, 6) is -0.0726. The fourth-order valence-electron chi connectivity index (χ4n) is 3.01. The Morgan fingerprint density at radius 2 is 1.69 bits per heavy atom. The van der Waals surface area contributed by atoms with Gasteiger partial charge in [-0.3, -0.25) is 19.4 Å². The summed E-state index contributed by atoms with van der Waals surface area (Å²) in [5, 5.41) is 6.26. The number of nitrogens with zero attached hydrogens (tertiary/aromatic N) is 2. The predicted octanol–water partition coefficient (Wildman–Crippen LogP) is 1.82. The molecule has 0 unspecified atom stereocenters. The minimum atomic E-state index is -0.0731. The van der Waals surface area contributed by atoms with Gasteiger partial charge in [-0.05, 0) is 31.0 Å². The Morgan fingerprint density at radius 1 is 1.12 bits per heavy atom. The third-order valence-corrected chi connectivity index (χ3v) is 4.64. The monoisotopic (exact) mass is 378 g/mol. The largest absolute Gasteiger partial charge is 0.352 e. The lowest BCUT2D eigenvalue weighted by molar-refractivity contribution is -0.123. The molecule has 142 valence electrons. The van der Waals surface area contributed by atoms with E-state index in [-0.39, 0.29) is 11.8 Å². The molecule has 1 heterocycles. The van der Waals surface area contributed by atoms with Crippen molar-refractivity contribution in [2.24, 2.45) is 0 Å². The lowest BCUT2D eigenvalue weighted by atomic mass is 10.1. The van der Waals surface area contributed by atoms with Gasteiger partial charge in [0.25, 0.3) is 0 Å². The van der Waals surface area contributed by atoms with Crippen molar-refractivity contribution in [2.75, 3.05) is 51.1 Å². The smallest absolute Gasteiger partial charge is 0.238 e. The van der Waals surface area contributed by atoms with Crippen LogP contribution in [0.3, 0.4) is 0 Å². The van der Waals surface area contributed by atoms with E-state index in [0.29, 0.717) is 30.3 Å². The van der Waals surface area contributed by atoms with Crippen molar-refractivity contribution < 1.29 is 9.59 Å². The Labute approximate surface area is 160 Å². The Morgan fingerprint density at radius 3 is 2.23 bits per heavy atom. The molecular weight excluding hydrogens is 352 g/mol. The van der Waals surface area contributed by atoms with E-state index in [2.05, 4.69) is 27.0 Å². The van der Waals surface area contributed by atoms with Crippen LogP contribution in [0.1, 0.15) is 11.1 Å². The van der Waals surface area contributed by atoms with Gasteiger partial charge in [-0.1, -0.05) is 23.7 Å². The molecule has 1 fully saturated rings. The Hall–Kier alpha value is -1.89. The minimum Gasteiger partial charge on any atom is -0.352 e. The van der Waals surface area contributed by atoms with Crippen LogP contribution in [0.5, 0.6) is 0 Å². The number of halogens is 1. The molecule has 7 heteroatoms. The summed E-state index contributed by atoms with van der Waals surface area (Å²) >= 11 is 6.25. The molecule has 1 saturated heterocycles. The first-order valence-electron chi connectivity index (χ1n) is 8.78. The highest BCUT2D eigenvalue weighted by atomic mass is 35.5. The third kappa shape index (κ3) is 6.12. The molecule has 2 N–H and O–H groups in total. The minimum absolute atomic E-state index is 0.000538. The highest BCUT2D eigenvalue weighted by Crippen LogP contribution is 2.27. The molecule has 0 bridgehead atoms. The van der Waals surface area contributed by atoms with E-state index in [0.717, 1.165) is 37.3 Å². The number of carbonyl (C=O) groups is 2. The van der Waals surface area contributed by atoms with E-state index >= 15 is 0 Å². The van der Waals surface area contributed by atoms with Crippen molar-refractivity contribution in [1.29, 1.82) is 0 Å². The second-order valence-corrected chi connectivity index (χ2v) is 7.04. The van der Waals surface area contributed by atoms with Gasteiger partial charge in [0.2, 0.25) is 11.8 Å². The van der Waals surface area contributed by atoms with E-state index in [1.807, 2.05) is 26.0 Å². The topological polar surface area (TPSA) is 64.7 Å². The van der Waals surface area contributed by atoms with Gasteiger partial charge in [0, 0.05) is 32.7 Å². The van der Waals surface area contributed by atoms with Gasteiger partial charge in [0.05, 0.1) is 23.8 Å². The highest BCUT2D eigenvalue weighted by Gasteiger charge is 2.21. The average Bonchev–Trinajstić information content (AvgIpc) is 2.58. The number of rotatable bonds is 7. The van der Waals surface area contributed by atoms with Gasteiger partial charge in [-0.25, -0.2) is 0 Å². The average molecular weight is 379 g/mol. The number of amides is 2. The first-order chi connectivity index (χ1) is 12.4. The molecule has 2 amide bonds. The lowest BCUT2D eigenvalue weighted by Crippen LogP contribution is -2.51. The standard InChI is InChI=1S/C19H27ClN4O2/c1-4-5-21-17(25)12-23-6-8-24(9-7-23)13-18(26)22-19-15(3)10-14(2)11-16(19)20/h4,10-11H,1,5-9,12-13H2,2-3H3,(H,21,25)(H,22,26). The Kier molecular flexibility index (Phi) is 7.63. The van der Waals surface area contributed by atoms with Gasteiger partial charge in [-0.15, -0.1) is 6.58 Å². The van der Waals surface area contributed by atoms with Crippen molar-refractivity contribution in [2.45, 2.75) is 13.8 Å². The van der Waals surface area contributed by atoms with Gasteiger partial charge < -0.3 is 10.6 Å².